The number of aromatic amines is 2. The lowest BCUT2D eigenvalue weighted by atomic mass is 10.1. The predicted molar refractivity (Wildman–Crippen MR) is 143 cm³/mol. The molecular formula is C30H26N4. The largest absolute Gasteiger partial charge is 0.355 e. The number of rotatable bonds is 0. The van der Waals surface area contributed by atoms with Gasteiger partial charge in [-0.15, -0.1) is 11.8 Å². The molecule has 34 heavy (non-hydrogen) atoms. The fourth-order valence-corrected chi connectivity index (χ4v) is 4.34. The molecule has 4 nitrogen and oxygen atoms in total. The number of H-pyrrole nitrogens is 2. The first-order valence-electron chi connectivity index (χ1n) is 11.4. The van der Waals surface area contributed by atoms with Crippen LogP contribution < -0.4 is 0 Å². The number of allylic oxidation sites excluding steroid dienone is 2. The molecule has 0 atom stereocenters. The summed E-state index contributed by atoms with van der Waals surface area (Å²) in [5, 5.41) is 0. The minimum Gasteiger partial charge on any atom is -0.355 e. The number of fused-ring (bicyclic) bond motifs is 8. The molecular weight excluding hydrogens is 416 g/mol. The van der Waals surface area contributed by atoms with Gasteiger partial charge < -0.3 is 9.97 Å². The maximum atomic E-state index is 4.96. The minimum atomic E-state index is 0.810. The molecule has 8 bridgehead atoms. The maximum absolute atomic E-state index is 4.96. The summed E-state index contributed by atoms with van der Waals surface area (Å²) in [5.74, 6) is 12.5. The van der Waals surface area contributed by atoms with Crippen molar-refractivity contribution in [1.29, 1.82) is 0 Å². The van der Waals surface area contributed by atoms with Crippen molar-refractivity contribution in [2.75, 3.05) is 0 Å². The van der Waals surface area contributed by atoms with Crippen molar-refractivity contribution in [3.05, 3.63) is 69.3 Å². The van der Waals surface area contributed by atoms with E-state index in [1.807, 2.05) is 19.9 Å². The summed E-state index contributed by atoms with van der Waals surface area (Å²) >= 11 is 0. The van der Waals surface area contributed by atoms with Gasteiger partial charge in [0.05, 0.1) is 33.9 Å². The Balaban J connectivity index is 1.98. The first-order valence-corrected chi connectivity index (χ1v) is 11.4. The van der Waals surface area contributed by atoms with Crippen molar-refractivity contribution in [3.8, 4) is 23.7 Å². The summed E-state index contributed by atoms with van der Waals surface area (Å²) in [4.78, 5) is 17.1. The summed E-state index contributed by atoms with van der Waals surface area (Å²) < 4.78 is 0. The highest BCUT2D eigenvalue weighted by atomic mass is 14.8. The van der Waals surface area contributed by atoms with Crippen LogP contribution in [0, 0.1) is 51.4 Å². The molecule has 0 saturated heterocycles. The van der Waals surface area contributed by atoms with Crippen molar-refractivity contribution in [1.82, 2.24) is 19.9 Å². The van der Waals surface area contributed by atoms with E-state index >= 15 is 0 Å². The fourth-order valence-electron chi connectivity index (χ4n) is 4.34. The Morgan fingerprint density at radius 2 is 1.03 bits per heavy atom. The summed E-state index contributed by atoms with van der Waals surface area (Å²) in [6.07, 6.45) is 4.12. The lowest BCUT2D eigenvalue weighted by Crippen LogP contribution is -1.86. The third kappa shape index (κ3) is 3.64. The first-order chi connectivity index (χ1) is 16.4. The first kappa shape index (κ1) is 21.6. The standard InChI is InChI=1S/C30H26N4/c1-7-9-21-13-27-19(5)25-11-17(3)23(31-25)15-24-18(4)12-26(32-24)20(6)28-14-22(10-8-2)30(34-28)16-29(21)33-27/h11-16,31-32H,1-6H3. The lowest BCUT2D eigenvalue weighted by molar-refractivity contribution is 1.23. The Hall–Kier alpha value is -4.28. The third-order valence-corrected chi connectivity index (χ3v) is 6.36. The van der Waals surface area contributed by atoms with Crippen molar-refractivity contribution < 1.29 is 0 Å². The van der Waals surface area contributed by atoms with Gasteiger partial charge in [0.15, 0.2) is 0 Å². The molecule has 0 spiro atoms. The van der Waals surface area contributed by atoms with Crippen LogP contribution in [0.4, 0.5) is 0 Å². The number of hydrogen-bond acceptors (Lipinski definition) is 2. The van der Waals surface area contributed by atoms with Crippen LogP contribution >= 0.6 is 0 Å². The highest BCUT2D eigenvalue weighted by Gasteiger charge is 2.16. The second kappa shape index (κ2) is 8.25. The molecule has 0 amide bonds. The molecule has 0 aromatic carbocycles. The molecule has 2 N–H and O–H groups in total. The average Bonchev–Trinajstić information content (AvgIpc) is 3.56. The molecule has 0 aliphatic carbocycles. The van der Waals surface area contributed by atoms with Gasteiger partial charge in [0.2, 0.25) is 0 Å². The number of aryl methyl sites for hydroxylation is 4. The highest BCUT2D eigenvalue weighted by molar-refractivity contribution is 5.97. The van der Waals surface area contributed by atoms with Crippen molar-refractivity contribution >= 4 is 45.4 Å². The highest BCUT2D eigenvalue weighted by Crippen LogP contribution is 2.29. The van der Waals surface area contributed by atoms with E-state index in [9.17, 15) is 0 Å². The summed E-state index contributed by atoms with van der Waals surface area (Å²) in [6.45, 7) is 12.1. The van der Waals surface area contributed by atoms with Crippen LogP contribution in [0.2, 0.25) is 0 Å². The van der Waals surface area contributed by atoms with Gasteiger partial charge in [-0.2, -0.15) is 0 Å². The van der Waals surface area contributed by atoms with Crippen LogP contribution in [0.3, 0.4) is 0 Å². The van der Waals surface area contributed by atoms with E-state index in [0.717, 1.165) is 67.1 Å². The Kier molecular flexibility index (Phi) is 5.23. The molecule has 166 valence electrons. The quantitative estimate of drug-likeness (QED) is 0.382. The molecule has 4 heteroatoms. The molecule has 0 fully saturated rings. The Labute approximate surface area is 199 Å². The van der Waals surface area contributed by atoms with Crippen LogP contribution in [0.25, 0.3) is 45.4 Å². The molecule has 3 aromatic rings. The molecule has 3 aromatic heterocycles. The van der Waals surface area contributed by atoms with E-state index in [-0.39, 0.29) is 0 Å². The molecule has 2 aliphatic heterocycles. The predicted octanol–water partition coefficient (Wildman–Crippen LogP) is 6.68. The van der Waals surface area contributed by atoms with E-state index in [4.69, 9.17) is 9.97 Å². The van der Waals surface area contributed by atoms with Crippen molar-refractivity contribution in [2.24, 2.45) is 0 Å². The van der Waals surface area contributed by atoms with Gasteiger partial charge in [-0.25, -0.2) is 9.97 Å². The summed E-state index contributed by atoms with van der Waals surface area (Å²) in [7, 11) is 0. The smallest absolute Gasteiger partial charge is 0.0816 e. The zero-order chi connectivity index (χ0) is 24.0. The van der Waals surface area contributed by atoms with Crippen LogP contribution in [-0.4, -0.2) is 19.9 Å². The minimum absolute atomic E-state index is 0.810. The van der Waals surface area contributed by atoms with E-state index in [0.29, 0.717) is 0 Å². The van der Waals surface area contributed by atoms with E-state index < -0.39 is 0 Å². The summed E-state index contributed by atoms with van der Waals surface area (Å²) in [6, 6.07) is 8.54. The number of hydrogen-bond donors (Lipinski definition) is 2. The number of nitrogens with one attached hydrogen (secondary N) is 2. The molecule has 0 saturated carbocycles. The molecule has 2 aliphatic rings. The lowest BCUT2D eigenvalue weighted by Gasteiger charge is -1.94. The second-order valence-corrected chi connectivity index (χ2v) is 8.73. The Bertz CT molecular complexity index is 1590. The van der Waals surface area contributed by atoms with Gasteiger partial charge in [-0.3, -0.25) is 0 Å². The monoisotopic (exact) mass is 442 g/mol. The van der Waals surface area contributed by atoms with E-state index in [1.165, 1.54) is 11.1 Å². The average molecular weight is 443 g/mol. The van der Waals surface area contributed by atoms with Gasteiger partial charge in [0.1, 0.15) is 0 Å². The molecule has 5 heterocycles. The van der Waals surface area contributed by atoms with E-state index in [2.05, 4.69) is 91.7 Å². The fraction of sp³-hybridized carbons (Fsp3) is 0.200. The van der Waals surface area contributed by atoms with Gasteiger partial charge in [0.25, 0.3) is 0 Å². The number of aromatic nitrogens is 4. The normalized spacial score (nSPS) is 12.3. The topological polar surface area (TPSA) is 57.4 Å². The van der Waals surface area contributed by atoms with E-state index in [1.54, 1.807) is 0 Å². The van der Waals surface area contributed by atoms with Crippen LogP contribution in [0.5, 0.6) is 0 Å². The SMILES string of the molecule is CC#CC1=Cc2nc1cc1nc(c(C)c3cc(C)c(cc4[nH]c(cc4C)c2C)[nH]3)C=C1C#CC. The van der Waals surface area contributed by atoms with Crippen LogP contribution in [0.15, 0.2) is 24.3 Å². The molecule has 0 radical (unpaired) electrons. The zero-order valence-electron chi connectivity index (χ0n) is 20.4. The van der Waals surface area contributed by atoms with Gasteiger partial charge >= 0.3 is 0 Å². The summed E-state index contributed by atoms with van der Waals surface area (Å²) in [5.41, 5.74) is 14.0. The Morgan fingerprint density at radius 1 is 0.588 bits per heavy atom. The second-order valence-electron chi connectivity index (χ2n) is 8.73. The van der Waals surface area contributed by atoms with Crippen molar-refractivity contribution in [2.45, 2.75) is 41.5 Å². The third-order valence-electron chi connectivity index (χ3n) is 6.36. The maximum Gasteiger partial charge on any atom is 0.0816 e. The van der Waals surface area contributed by atoms with Gasteiger partial charge in [0, 0.05) is 22.1 Å². The van der Waals surface area contributed by atoms with Gasteiger partial charge in [-0.1, -0.05) is 11.8 Å². The Morgan fingerprint density at radius 3 is 1.44 bits per heavy atom. The zero-order valence-corrected chi connectivity index (χ0v) is 20.4. The van der Waals surface area contributed by atoms with Crippen molar-refractivity contribution in [3.63, 3.8) is 0 Å². The van der Waals surface area contributed by atoms with Crippen LogP contribution in [0.1, 0.15) is 58.9 Å². The van der Waals surface area contributed by atoms with Crippen LogP contribution in [-0.2, 0) is 0 Å². The molecule has 5 rings (SSSR count). The molecule has 0 unspecified atom stereocenters. The number of nitrogens with zero attached hydrogens (tertiary/aromatic N) is 2. The van der Waals surface area contributed by atoms with Gasteiger partial charge in [-0.05, 0) is 100 Å².